The molecule has 1 atom stereocenters. The first-order valence-electron chi connectivity index (χ1n) is 5.92. The van der Waals surface area contributed by atoms with Crippen LogP contribution in [0.1, 0.15) is 6.92 Å². The van der Waals surface area contributed by atoms with Gasteiger partial charge in [-0.2, -0.15) is 0 Å². The van der Waals surface area contributed by atoms with E-state index < -0.39 is 6.04 Å². The van der Waals surface area contributed by atoms with Crippen molar-refractivity contribution in [1.29, 1.82) is 0 Å². The van der Waals surface area contributed by atoms with Crippen LogP contribution in [0.25, 0.3) is 0 Å². The molecule has 3 N–H and O–H groups in total. The molecule has 0 radical (unpaired) electrons. The van der Waals surface area contributed by atoms with Gasteiger partial charge in [-0.3, -0.25) is 4.79 Å². The molecular formula is C11H17N5O2. The summed E-state index contributed by atoms with van der Waals surface area (Å²) < 4.78 is 5.35. The summed E-state index contributed by atoms with van der Waals surface area (Å²) in [5.74, 6) is 0.785. The molecule has 1 aromatic rings. The van der Waals surface area contributed by atoms with E-state index in [2.05, 4.69) is 15.3 Å². The highest BCUT2D eigenvalue weighted by Crippen LogP contribution is 2.21. The first-order valence-corrected chi connectivity index (χ1v) is 5.92. The SMILES string of the molecule is CCNC(=O)C1COCCN1c1nccnc1N. The quantitative estimate of drug-likeness (QED) is 0.745. The van der Waals surface area contributed by atoms with Gasteiger partial charge < -0.3 is 20.7 Å². The first-order chi connectivity index (χ1) is 8.74. The standard InChI is InChI=1S/C11H17N5O2/c1-2-13-11(17)8-7-18-6-5-16(8)10-9(12)14-3-4-15-10/h3-4,8H,2,5-7H2,1H3,(H2,12,14)(H,13,17). The van der Waals surface area contributed by atoms with Crippen LogP contribution in [0.15, 0.2) is 12.4 Å². The Balaban J connectivity index is 2.23. The minimum absolute atomic E-state index is 0.0812. The normalized spacial score (nSPS) is 19.6. The van der Waals surface area contributed by atoms with Gasteiger partial charge in [-0.15, -0.1) is 0 Å². The third-order valence-corrected chi connectivity index (χ3v) is 2.76. The number of nitrogen functional groups attached to an aromatic ring is 1. The fourth-order valence-electron chi connectivity index (χ4n) is 1.93. The summed E-state index contributed by atoms with van der Waals surface area (Å²) in [6.45, 7) is 3.92. The second-order valence-electron chi connectivity index (χ2n) is 3.94. The summed E-state index contributed by atoms with van der Waals surface area (Å²) in [6.07, 6.45) is 3.09. The number of aromatic nitrogens is 2. The lowest BCUT2D eigenvalue weighted by atomic mass is 10.2. The zero-order chi connectivity index (χ0) is 13.0. The zero-order valence-electron chi connectivity index (χ0n) is 10.3. The third-order valence-electron chi connectivity index (χ3n) is 2.76. The Labute approximate surface area is 105 Å². The van der Waals surface area contributed by atoms with Gasteiger partial charge in [-0.1, -0.05) is 0 Å². The fourth-order valence-corrected chi connectivity index (χ4v) is 1.93. The predicted molar refractivity (Wildman–Crippen MR) is 67.1 cm³/mol. The summed E-state index contributed by atoms with van der Waals surface area (Å²) in [5, 5.41) is 2.78. The van der Waals surface area contributed by atoms with Crippen LogP contribution in [0.4, 0.5) is 11.6 Å². The molecule has 7 heteroatoms. The van der Waals surface area contributed by atoms with Gasteiger partial charge in [-0.05, 0) is 6.92 Å². The molecule has 0 aromatic carbocycles. The molecule has 0 spiro atoms. The Kier molecular flexibility index (Phi) is 3.93. The molecule has 1 amide bonds. The minimum Gasteiger partial charge on any atom is -0.381 e. The Morgan fingerprint density at radius 2 is 2.39 bits per heavy atom. The number of nitrogens with one attached hydrogen (secondary N) is 1. The lowest BCUT2D eigenvalue weighted by molar-refractivity contribution is -0.124. The Bertz CT molecular complexity index is 426. The van der Waals surface area contributed by atoms with E-state index in [0.717, 1.165) is 0 Å². The summed E-state index contributed by atoms with van der Waals surface area (Å²) in [6, 6.07) is -0.405. The molecule has 2 heterocycles. The zero-order valence-corrected chi connectivity index (χ0v) is 10.3. The van der Waals surface area contributed by atoms with Crippen LogP contribution in [0.3, 0.4) is 0 Å². The number of carbonyl (C=O) groups excluding carboxylic acids is 1. The Morgan fingerprint density at radius 3 is 3.11 bits per heavy atom. The van der Waals surface area contributed by atoms with E-state index in [1.54, 1.807) is 6.20 Å². The number of hydrogen-bond acceptors (Lipinski definition) is 6. The number of hydrogen-bond donors (Lipinski definition) is 2. The van der Waals surface area contributed by atoms with Crippen molar-refractivity contribution >= 4 is 17.5 Å². The van der Waals surface area contributed by atoms with Crippen molar-refractivity contribution in [1.82, 2.24) is 15.3 Å². The van der Waals surface area contributed by atoms with Gasteiger partial charge in [0.15, 0.2) is 11.6 Å². The first kappa shape index (κ1) is 12.6. The average Bonchev–Trinajstić information content (AvgIpc) is 2.40. The van der Waals surface area contributed by atoms with Crippen LogP contribution in [0.5, 0.6) is 0 Å². The second kappa shape index (κ2) is 5.63. The van der Waals surface area contributed by atoms with E-state index in [1.165, 1.54) is 6.20 Å². The topological polar surface area (TPSA) is 93.4 Å². The molecule has 1 fully saturated rings. The van der Waals surface area contributed by atoms with Gasteiger partial charge in [0.2, 0.25) is 5.91 Å². The van der Waals surface area contributed by atoms with E-state index in [-0.39, 0.29) is 5.91 Å². The van der Waals surface area contributed by atoms with Crippen LogP contribution in [0.2, 0.25) is 0 Å². The average molecular weight is 251 g/mol. The summed E-state index contributed by atoms with van der Waals surface area (Å²) in [7, 11) is 0. The molecule has 2 rings (SSSR count). The monoisotopic (exact) mass is 251 g/mol. The highest BCUT2D eigenvalue weighted by molar-refractivity contribution is 5.86. The number of nitrogens with two attached hydrogens (primary N) is 1. The maximum absolute atomic E-state index is 12.0. The molecule has 1 aromatic heterocycles. The second-order valence-corrected chi connectivity index (χ2v) is 3.94. The van der Waals surface area contributed by atoms with Crippen LogP contribution < -0.4 is 16.0 Å². The van der Waals surface area contributed by atoms with Gasteiger partial charge in [0.1, 0.15) is 6.04 Å². The summed E-state index contributed by atoms with van der Waals surface area (Å²) in [4.78, 5) is 22.0. The largest absolute Gasteiger partial charge is 0.381 e. The number of nitrogens with zero attached hydrogens (tertiary/aromatic N) is 3. The number of ether oxygens (including phenoxy) is 1. The number of amides is 1. The number of carbonyl (C=O) groups is 1. The van der Waals surface area contributed by atoms with Gasteiger partial charge in [0.05, 0.1) is 13.2 Å². The van der Waals surface area contributed by atoms with Crippen molar-refractivity contribution < 1.29 is 9.53 Å². The highest BCUT2D eigenvalue weighted by atomic mass is 16.5. The van der Waals surface area contributed by atoms with Gasteiger partial charge in [-0.25, -0.2) is 9.97 Å². The maximum atomic E-state index is 12.0. The molecule has 18 heavy (non-hydrogen) atoms. The van der Waals surface area contributed by atoms with Crippen LogP contribution in [-0.4, -0.2) is 48.2 Å². The van der Waals surface area contributed by atoms with E-state index in [9.17, 15) is 4.79 Å². The van der Waals surface area contributed by atoms with Crippen LogP contribution >= 0.6 is 0 Å². The Hall–Kier alpha value is -1.89. The van der Waals surface area contributed by atoms with Crippen LogP contribution in [0, 0.1) is 0 Å². The molecule has 7 nitrogen and oxygen atoms in total. The number of likely N-dealkylation sites (N-methyl/N-ethyl adjacent to an activating group) is 1. The predicted octanol–water partition coefficient (Wildman–Crippen LogP) is -0.600. The van der Waals surface area contributed by atoms with Crippen molar-refractivity contribution in [3.8, 4) is 0 Å². The molecule has 0 saturated carbocycles. The van der Waals surface area contributed by atoms with Crippen molar-refractivity contribution in [3.63, 3.8) is 0 Å². The van der Waals surface area contributed by atoms with Gasteiger partial charge >= 0.3 is 0 Å². The van der Waals surface area contributed by atoms with Crippen LogP contribution in [-0.2, 0) is 9.53 Å². The summed E-state index contributed by atoms with van der Waals surface area (Å²) >= 11 is 0. The van der Waals surface area contributed by atoms with E-state index in [4.69, 9.17) is 10.5 Å². The molecule has 98 valence electrons. The smallest absolute Gasteiger partial charge is 0.245 e. The molecule has 1 aliphatic heterocycles. The summed E-state index contributed by atoms with van der Waals surface area (Å²) in [5.41, 5.74) is 5.80. The maximum Gasteiger partial charge on any atom is 0.245 e. The van der Waals surface area contributed by atoms with Crippen molar-refractivity contribution in [2.45, 2.75) is 13.0 Å². The van der Waals surface area contributed by atoms with Crippen molar-refractivity contribution in [3.05, 3.63) is 12.4 Å². The van der Waals surface area contributed by atoms with E-state index in [0.29, 0.717) is 37.9 Å². The van der Waals surface area contributed by atoms with Crippen molar-refractivity contribution in [2.75, 3.05) is 36.9 Å². The number of morpholine rings is 1. The van der Waals surface area contributed by atoms with Gasteiger partial charge in [0.25, 0.3) is 0 Å². The molecule has 1 aliphatic rings. The highest BCUT2D eigenvalue weighted by Gasteiger charge is 2.31. The molecule has 0 aliphatic carbocycles. The molecule has 1 saturated heterocycles. The Morgan fingerprint density at radius 1 is 1.61 bits per heavy atom. The van der Waals surface area contributed by atoms with Gasteiger partial charge in [0, 0.05) is 25.5 Å². The minimum atomic E-state index is -0.405. The van der Waals surface area contributed by atoms with E-state index in [1.807, 2.05) is 11.8 Å². The lowest BCUT2D eigenvalue weighted by Gasteiger charge is -2.35. The molecule has 0 bridgehead atoms. The number of rotatable bonds is 3. The number of anilines is 2. The third kappa shape index (κ3) is 2.51. The molecule has 1 unspecified atom stereocenters. The van der Waals surface area contributed by atoms with E-state index >= 15 is 0 Å². The fraction of sp³-hybridized carbons (Fsp3) is 0.545. The van der Waals surface area contributed by atoms with Crippen molar-refractivity contribution in [2.24, 2.45) is 0 Å². The molecular weight excluding hydrogens is 234 g/mol. The lowest BCUT2D eigenvalue weighted by Crippen LogP contribution is -2.54.